The molecule has 128 valence electrons. The van der Waals surface area contributed by atoms with Crippen molar-refractivity contribution < 1.29 is 13.6 Å². The number of carbonyl (C=O) groups excluding carboxylic acids is 1. The van der Waals surface area contributed by atoms with Crippen LogP contribution in [0.2, 0.25) is 10.0 Å². The van der Waals surface area contributed by atoms with Gasteiger partial charge in [-0.15, -0.1) is 0 Å². The average Bonchev–Trinajstić information content (AvgIpc) is 3.29. The molecule has 23 heavy (non-hydrogen) atoms. The van der Waals surface area contributed by atoms with E-state index in [0.717, 1.165) is 12.0 Å². The van der Waals surface area contributed by atoms with Crippen molar-refractivity contribution in [3.8, 4) is 0 Å². The van der Waals surface area contributed by atoms with Gasteiger partial charge in [0, 0.05) is 19.0 Å². The molecule has 0 aliphatic heterocycles. The molecule has 2 rings (SSSR count). The Kier molecular flexibility index (Phi) is 6.62. The number of nitrogens with one attached hydrogen (secondary N) is 1. The lowest BCUT2D eigenvalue weighted by molar-refractivity contribution is -0.122. The van der Waals surface area contributed by atoms with Crippen molar-refractivity contribution in [1.82, 2.24) is 10.2 Å². The summed E-state index contributed by atoms with van der Waals surface area (Å²) in [7, 11) is 0. The highest BCUT2D eigenvalue weighted by atomic mass is 35.5. The Hall–Kier alpha value is -0.910. The first-order valence-corrected chi connectivity index (χ1v) is 8.41. The minimum atomic E-state index is -2.36. The second kappa shape index (κ2) is 8.27. The fourth-order valence-electron chi connectivity index (χ4n) is 2.68. The zero-order valence-electron chi connectivity index (χ0n) is 12.9. The van der Waals surface area contributed by atoms with E-state index >= 15 is 0 Å². The van der Waals surface area contributed by atoms with E-state index in [2.05, 4.69) is 5.32 Å². The molecule has 1 aliphatic rings. The quantitative estimate of drug-likeness (QED) is 0.760. The van der Waals surface area contributed by atoms with Crippen molar-refractivity contribution in [1.29, 1.82) is 0 Å². The summed E-state index contributed by atoms with van der Waals surface area (Å²) >= 11 is 12.2. The summed E-state index contributed by atoms with van der Waals surface area (Å²) < 4.78 is 24.7. The molecular formula is C16H20Cl2F2N2O. The molecule has 7 heteroatoms. The summed E-state index contributed by atoms with van der Waals surface area (Å²) in [5, 5.41) is 3.81. The normalized spacial score (nSPS) is 20.1. The predicted octanol–water partition coefficient (Wildman–Crippen LogP) is 3.80. The Balaban J connectivity index is 1.79. The maximum Gasteiger partial charge on any atom is 0.251 e. The van der Waals surface area contributed by atoms with E-state index in [0.29, 0.717) is 29.7 Å². The number of nitrogens with zero attached hydrogens (tertiary/aromatic N) is 1. The van der Waals surface area contributed by atoms with Crippen LogP contribution in [0.25, 0.3) is 0 Å². The summed E-state index contributed by atoms with van der Waals surface area (Å²) in [5.41, 5.74) is 0.896. The molecule has 0 radical (unpaired) electrons. The molecule has 0 unspecified atom stereocenters. The minimum Gasteiger partial charge on any atom is -0.355 e. The van der Waals surface area contributed by atoms with Crippen molar-refractivity contribution in [3.63, 3.8) is 0 Å². The van der Waals surface area contributed by atoms with Gasteiger partial charge in [-0.3, -0.25) is 9.69 Å². The average molecular weight is 365 g/mol. The number of hydrogen-bond donors (Lipinski definition) is 1. The molecule has 1 fully saturated rings. The number of alkyl halides is 2. The summed E-state index contributed by atoms with van der Waals surface area (Å²) in [6.07, 6.45) is -1.62. The SMILES string of the molecule is CCN(CCNC(=O)[C@H]1C[C@@H]1c1cccc(Cl)c1Cl)CC(F)F. The third kappa shape index (κ3) is 5.03. The van der Waals surface area contributed by atoms with Crippen LogP contribution in [-0.4, -0.2) is 43.4 Å². The first-order chi connectivity index (χ1) is 10.9. The lowest BCUT2D eigenvalue weighted by Crippen LogP contribution is -2.37. The van der Waals surface area contributed by atoms with Crippen LogP contribution in [0.15, 0.2) is 18.2 Å². The number of amides is 1. The number of likely N-dealkylation sites (N-methyl/N-ethyl adjacent to an activating group) is 1. The summed E-state index contributed by atoms with van der Waals surface area (Å²) in [6.45, 7) is 2.87. The van der Waals surface area contributed by atoms with Gasteiger partial charge in [-0.25, -0.2) is 8.78 Å². The van der Waals surface area contributed by atoms with Crippen LogP contribution >= 0.6 is 23.2 Å². The van der Waals surface area contributed by atoms with E-state index < -0.39 is 6.43 Å². The third-order valence-corrected chi connectivity index (χ3v) is 4.91. The molecule has 0 bridgehead atoms. The molecule has 1 aromatic carbocycles. The van der Waals surface area contributed by atoms with Crippen molar-refractivity contribution in [2.45, 2.75) is 25.7 Å². The third-order valence-electron chi connectivity index (χ3n) is 4.08. The number of hydrogen-bond acceptors (Lipinski definition) is 2. The van der Waals surface area contributed by atoms with E-state index in [-0.39, 0.29) is 24.3 Å². The fraction of sp³-hybridized carbons (Fsp3) is 0.562. The number of halogens is 4. The Morgan fingerprint density at radius 3 is 2.83 bits per heavy atom. The molecule has 0 heterocycles. The predicted molar refractivity (Wildman–Crippen MR) is 88.4 cm³/mol. The summed E-state index contributed by atoms with van der Waals surface area (Å²) in [4.78, 5) is 13.7. The second-order valence-electron chi connectivity index (χ2n) is 5.67. The van der Waals surface area contributed by atoms with Crippen LogP contribution in [0, 0.1) is 5.92 Å². The van der Waals surface area contributed by atoms with Gasteiger partial charge in [-0.2, -0.15) is 0 Å². The maximum atomic E-state index is 12.4. The van der Waals surface area contributed by atoms with Gasteiger partial charge < -0.3 is 5.32 Å². The monoisotopic (exact) mass is 364 g/mol. The number of rotatable bonds is 8. The molecule has 1 saturated carbocycles. The van der Waals surface area contributed by atoms with E-state index in [4.69, 9.17) is 23.2 Å². The van der Waals surface area contributed by atoms with Crippen LogP contribution in [0.4, 0.5) is 8.78 Å². The fourth-order valence-corrected chi connectivity index (χ4v) is 3.13. The second-order valence-corrected chi connectivity index (χ2v) is 6.45. The van der Waals surface area contributed by atoms with Crippen molar-refractivity contribution in [2.24, 2.45) is 5.92 Å². The van der Waals surface area contributed by atoms with Gasteiger partial charge in [0.25, 0.3) is 6.43 Å². The molecular weight excluding hydrogens is 345 g/mol. The first-order valence-electron chi connectivity index (χ1n) is 7.66. The van der Waals surface area contributed by atoms with Gasteiger partial charge in [0.05, 0.1) is 16.6 Å². The zero-order valence-corrected chi connectivity index (χ0v) is 14.4. The molecule has 1 aromatic rings. The van der Waals surface area contributed by atoms with Crippen LogP contribution in [0.3, 0.4) is 0 Å². The first kappa shape index (κ1) is 18.4. The lowest BCUT2D eigenvalue weighted by Gasteiger charge is -2.19. The van der Waals surface area contributed by atoms with E-state index in [9.17, 15) is 13.6 Å². The molecule has 2 atom stereocenters. The van der Waals surface area contributed by atoms with Crippen LogP contribution < -0.4 is 5.32 Å². The van der Waals surface area contributed by atoms with Gasteiger partial charge in [0.2, 0.25) is 5.91 Å². The molecule has 0 saturated heterocycles. The molecule has 0 aromatic heterocycles. The largest absolute Gasteiger partial charge is 0.355 e. The minimum absolute atomic E-state index is 0.0563. The molecule has 1 N–H and O–H groups in total. The van der Waals surface area contributed by atoms with E-state index in [1.165, 1.54) is 0 Å². The van der Waals surface area contributed by atoms with Crippen molar-refractivity contribution in [3.05, 3.63) is 33.8 Å². The highest BCUT2D eigenvalue weighted by molar-refractivity contribution is 6.42. The topological polar surface area (TPSA) is 32.3 Å². The Labute approximate surface area is 144 Å². The smallest absolute Gasteiger partial charge is 0.251 e. The standard InChI is InChI=1S/C16H20Cl2F2N2O/c1-2-22(9-14(19)20)7-6-21-16(23)12-8-11(12)10-4-3-5-13(17)15(10)18/h3-5,11-12,14H,2,6-9H2,1H3,(H,21,23)/t11-,12+/m1/s1. The van der Waals surface area contributed by atoms with Gasteiger partial charge in [-0.05, 0) is 30.5 Å². The summed E-state index contributed by atoms with van der Waals surface area (Å²) in [6, 6.07) is 5.42. The molecule has 0 spiro atoms. The Bertz CT molecular complexity index is 557. The van der Waals surface area contributed by atoms with E-state index in [1.54, 1.807) is 11.0 Å². The number of carbonyl (C=O) groups is 1. The Morgan fingerprint density at radius 1 is 1.43 bits per heavy atom. The van der Waals surface area contributed by atoms with Gasteiger partial charge in [-0.1, -0.05) is 42.3 Å². The molecule has 1 amide bonds. The highest BCUT2D eigenvalue weighted by Gasteiger charge is 2.44. The van der Waals surface area contributed by atoms with Crippen molar-refractivity contribution in [2.75, 3.05) is 26.2 Å². The van der Waals surface area contributed by atoms with Gasteiger partial charge in [0.1, 0.15) is 0 Å². The maximum absolute atomic E-state index is 12.4. The highest BCUT2D eigenvalue weighted by Crippen LogP contribution is 2.50. The van der Waals surface area contributed by atoms with E-state index in [1.807, 2.05) is 19.1 Å². The van der Waals surface area contributed by atoms with Gasteiger partial charge in [0.15, 0.2) is 0 Å². The lowest BCUT2D eigenvalue weighted by atomic mass is 10.1. The number of benzene rings is 1. The van der Waals surface area contributed by atoms with Crippen LogP contribution in [0.1, 0.15) is 24.8 Å². The van der Waals surface area contributed by atoms with Crippen molar-refractivity contribution >= 4 is 29.1 Å². The van der Waals surface area contributed by atoms with Gasteiger partial charge >= 0.3 is 0 Å². The molecule has 1 aliphatic carbocycles. The van der Waals surface area contributed by atoms with Crippen LogP contribution in [0.5, 0.6) is 0 Å². The zero-order chi connectivity index (χ0) is 17.0. The molecule has 3 nitrogen and oxygen atoms in total. The van der Waals surface area contributed by atoms with Crippen LogP contribution in [-0.2, 0) is 4.79 Å². The Morgan fingerprint density at radius 2 is 2.17 bits per heavy atom. The summed E-state index contributed by atoms with van der Waals surface area (Å²) in [5.74, 6) is -0.0835.